The number of nitrogens with one attached hydrogen (secondary N) is 1. The summed E-state index contributed by atoms with van der Waals surface area (Å²) in [5.74, 6) is 1.63. The van der Waals surface area contributed by atoms with E-state index in [1.165, 1.54) is 31.4 Å². The van der Waals surface area contributed by atoms with Crippen LogP contribution >= 0.6 is 0 Å². The van der Waals surface area contributed by atoms with Gasteiger partial charge in [-0.2, -0.15) is 0 Å². The third-order valence-corrected chi connectivity index (χ3v) is 3.15. The highest BCUT2D eigenvalue weighted by Gasteiger charge is 2.27. The van der Waals surface area contributed by atoms with Crippen LogP contribution < -0.4 is 5.32 Å². The van der Waals surface area contributed by atoms with E-state index in [9.17, 15) is 0 Å². The Labute approximate surface area is 83.9 Å². The van der Waals surface area contributed by atoms with E-state index >= 15 is 0 Å². The maximum atomic E-state index is 5.48. The lowest BCUT2D eigenvalue weighted by Crippen LogP contribution is -2.23. The molecule has 14 heavy (non-hydrogen) atoms. The second-order valence-electron chi connectivity index (χ2n) is 4.44. The normalized spacial score (nSPS) is 27.0. The average Bonchev–Trinajstić information content (AvgIpc) is 2.75. The van der Waals surface area contributed by atoms with Crippen LogP contribution in [0.2, 0.25) is 0 Å². The highest BCUT2D eigenvalue weighted by Crippen LogP contribution is 2.39. The molecule has 1 saturated heterocycles. The second kappa shape index (κ2) is 3.39. The van der Waals surface area contributed by atoms with Gasteiger partial charge in [0.15, 0.2) is 5.89 Å². The molecule has 76 valence electrons. The summed E-state index contributed by atoms with van der Waals surface area (Å²) in [6, 6.07) is 0.598. The summed E-state index contributed by atoms with van der Waals surface area (Å²) >= 11 is 0. The zero-order valence-corrected chi connectivity index (χ0v) is 8.33. The van der Waals surface area contributed by atoms with Gasteiger partial charge in [-0.1, -0.05) is 0 Å². The van der Waals surface area contributed by atoms with Gasteiger partial charge in [0.2, 0.25) is 0 Å². The van der Waals surface area contributed by atoms with Gasteiger partial charge in [-0.15, -0.1) is 0 Å². The molecule has 3 rings (SSSR count). The zero-order valence-electron chi connectivity index (χ0n) is 8.33. The Morgan fingerprint density at radius 1 is 1.43 bits per heavy atom. The first-order valence-corrected chi connectivity index (χ1v) is 5.59. The van der Waals surface area contributed by atoms with Crippen LogP contribution in [0.25, 0.3) is 0 Å². The van der Waals surface area contributed by atoms with Crippen molar-refractivity contribution in [2.75, 3.05) is 6.54 Å². The van der Waals surface area contributed by atoms with E-state index in [2.05, 4.69) is 10.3 Å². The maximum Gasteiger partial charge on any atom is 0.195 e. The van der Waals surface area contributed by atoms with Crippen molar-refractivity contribution >= 4 is 0 Å². The Hall–Kier alpha value is -0.830. The molecule has 0 amide bonds. The minimum absolute atomic E-state index is 0.598. The molecular formula is C11H16N2O. The van der Waals surface area contributed by atoms with Gasteiger partial charge >= 0.3 is 0 Å². The largest absolute Gasteiger partial charge is 0.449 e. The monoisotopic (exact) mass is 192 g/mol. The van der Waals surface area contributed by atoms with Crippen LogP contribution in [0.4, 0.5) is 0 Å². The van der Waals surface area contributed by atoms with Gasteiger partial charge < -0.3 is 9.73 Å². The SMILES string of the molecule is c1oc(CC2CCCN2)nc1C1CC1. The Morgan fingerprint density at radius 2 is 2.36 bits per heavy atom. The quantitative estimate of drug-likeness (QED) is 0.794. The van der Waals surface area contributed by atoms with Crippen LogP contribution in [-0.2, 0) is 6.42 Å². The lowest BCUT2D eigenvalue weighted by molar-refractivity contribution is 0.456. The van der Waals surface area contributed by atoms with Crippen LogP contribution in [0, 0.1) is 0 Å². The Bertz CT molecular complexity index is 311. The Balaban J connectivity index is 1.64. The molecule has 0 spiro atoms. The Morgan fingerprint density at radius 3 is 3.07 bits per heavy atom. The fourth-order valence-electron chi connectivity index (χ4n) is 2.13. The summed E-state index contributed by atoms with van der Waals surface area (Å²) in [6.45, 7) is 1.15. The molecule has 0 radical (unpaired) electrons. The third kappa shape index (κ3) is 1.69. The Kier molecular flexibility index (Phi) is 2.05. The van der Waals surface area contributed by atoms with Gasteiger partial charge in [-0.25, -0.2) is 4.98 Å². The summed E-state index contributed by atoms with van der Waals surface area (Å²) in [4.78, 5) is 4.53. The van der Waals surface area contributed by atoms with Crippen molar-refractivity contribution in [2.45, 2.75) is 44.1 Å². The van der Waals surface area contributed by atoms with Gasteiger partial charge in [0.1, 0.15) is 6.26 Å². The standard InChI is InChI=1S/C11H16N2O/c1-2-9(12-5-1)6-11-13-10(7-14-11)8-3-4-8/h7-9,12H,1-6H2. The van der Waals surface area contributed by atoms with E-state index in [4.69, 9.17) is 4.42 Å². The molecule has 1 aliphatic heterocycles. The molecule has 0 aromatic carbocycles. The van der Waals surface area contributed by atoms with E-state index in [-0.39, 0.29) is 0 Å². The van der Waals surface area contributed by atoms with Gasteiger partial charge in [0, 0.05) is 18.4 Å². The molecule has 1 aliphatic carbocycles. The molecule has 0 bridgehead atoms. The fraction of sp³-hybridized carbons (Fsp3) is 0.727. The molecule has 1 atom stereocenters. The number of hydrogen-bond donors (Lipinski definition) is 1. The smallest absolute Gasteiger partial charge is 0.195 e. The van der Waals surface area contributed by atoms with E-state index in [1.54, 1.807) is 0 Å². The van der Waals surface area contributed by atoms with E-state index in [0.29, 0.717) is 12.0 Å². The lowest BCUT2D eigenvalue weighted by atomic mass is 10.1. The van der Waals surface area contributed by atoms with Crippen molar-refractivity contribution in [3.63, 3.8) is 0 Å². The van der Waals surface area contributed by atoms with E-state index in [1.807, 2.05) is 6.26 Å². The van der Waals surface area contributed by atoms with Crippen LogP contribution in [0.5, 0.6) is 0 Å². The molecule has 3 heteroatoms. The van der Waals surface area contributed by atoms with Gasteiger partial charge in [0.25, 0.3) is 0 Å². The number of rotatable bonds is 3. The molecule has 1 unspecified atom stereocenters. The van der Waals surface area contributed by atoms with E-state index in [0.717, 1.165) is 18.9 Å². The molecule has 3 nitrogen and oxygen atoms in total. The van der Waals surface area contributed by atoms with Crippen molar-refractivity contribution in [2.24, 2.45) is 0 Å². The summed E-state index contributed by atoms with van der Waals surface area (Å²) in [6.07, 6.45) is 7.97. The fourth-order valence-corrected chi connectivity index (χ4v) is 2.13. The van der Waals surface area contributed by atoms with Crippen molar-refractivity contribution in [1.82, 2.24) is 10.3 Å². The highest BCUT2D eigenvalue weighted by molar-refractivity contribution is 5.11. The average molecular weight is 192 g/mol. The van der Waals surface area contributed by atoms with Crippen LogP contribution in [-0.4, -0.2) is 17.6 Å². The summed E-state index contributed by atoms with van der Waals surface area (Å²) in [5, 5.41) is 3.46. The molecule has 1 aromatic heterocycles. The predicted molar refractivity (Wildman–Crippen MR) is 53.2 cm³/mol. The summed E-state index contributed by atoms with van der Waals surface area (Å²) in [7, 11) is 0. The number of nitrogens with zero attached hydrogens (tertiary/aromatic N) is 1. The van der Waals surface area contributed by atoms with Gasteiger partial charge in [0.05, 0.1) is 5.69 Å². The lowest BCUT2D eigenvalue weighted by Gasteiger charge is -2.05. The number of aromatic nitrogens is 1. The van der Waals surface area contributed by atoms with Gasteiger partial charge in [-0.3, -0.25) is 0 Å². The molecule has 1 saturated carbocycles. The first kappa shape index (κ1) is 8.48. The summed E-state index contributed by atoms with van der Waals surface area (Å²) < 4.78 is 5.48. The molecule has 2 heterocycles. The molecular weight excluding hydrogens is 176 g/mol. The van der Waals surface area contributed by atoms with Crippen LogP contribution in [0.15, 0.2) is 10.7 Å². The minimum Gasteiger partial charge on any atom is -0.449 e. The third-order valence-electron chi connectivity index (χ3n) is 3.15. The molecule has 1 aromatic rings. The molecule has 1 N–H and O–H groups in total. The first-order chi connectivity index (χ1) is 6.92. The molecule has 2 aliphatic rings. The van der Waals surface area contributed by atoms with Crippen molar-refractivity contribution in [1.29, 1.82) is 0 Å². The number of hydrogen-bond acceptors (Lipinski definition) is 3. The van der Waals surface area contributed by atoms with Crippen molar-refractivity contribution in [3.05, 3.63) is 17.8 Å². The van der Waals surface area contributed by atoms with Crippen molar-refractivity contribution in [3.8, 4) is 0 Å². The predicted octanol–water partition coefficient (Wildman–Crippen LogP) is 1.85. The van der Waals surface area contributed by atoms with Crippen LogP contribution in [0.1, 0.15) is 43.2 Å². The maximum absolute atomic E-state index is 5.48. The van der Waals surface area contributed by atoms with Crippen LogP contribution in [0.3, 0.4) is 0 Å². The van der Waals surface area contributed by atoms with Crippen molar-refractivity contribution < 1.29 is 4.42 Å². The highest BCUT2D eigenvalue weighted by atomic mass is 16.3. The minimum atomic E-state index is 0.598. The first-order valence-electron chi connectivity index (χ1n) is 5.59. The summed E-state index contributed by atoms with van der Waals surface area (Å²) in [5.41, 5.74) is 1.18. The molecule has 2 fully saturated rings. The van der Waals surface area contributed by atoms with E-state index < -0.39 is 0 Å². The second-order valence-corrected chi connectivity index (χ2v) is 4.44. The zero-order chi connectivity index (χ0) is 9.38. The topological polar surface area (TPSA) is 38.1 Å². The number of oxazole rings is 1. The van der Waals surface area contributed by atoms with Gasteiger partial charge in [-0.05, 0) is 32.2 Å².